The molecule has 6 heteroatoms. The van der Waals surface area contributed by atoms with Gasteiger partial charge in [0.1, 0.15) is 18.2 Å². The maximum atomic E-state index is 13.5. The number of hydrogen-bond donors (Lipinski definition) is 1. The molecule has 0 radical (unpaired) electrons. The number of rotatable bonds is 4. The lowest BCUT2D eigenvalue weighted by atomic mass is 10.1. The molecule has 4 nitrogen and oxygen atoms in total. The Labute approximate surface area is 108 Å². The van der Waals surface area contributed by atoms with E-state index in [4.69, 9.17) is 5.11 Å². The lowest BCUT2D eigenvalue weighted by Crippen LogP contribution is -2.33. The molecule has 1 fully saturated rings. The molecule has 1 N–H and O–H groups in total. The zero-order valence-corrected chi connectivity index (χ0v) is 10.3. The molecular weight excluding hydrogens is 256 g/mol. The van der Waals surface area contributed by atoms with Gasteiger partial charge in [0.2, 0.25) is 5.91 Å². The summed E-state index contributed by atoms with van der Waals surface area (Å²) in [6, 6.07) is 3.57. The van der Waals surface area contributed by atoms with Crippen LogP contribution in [-0.2, 0) is 9.59 Å². The van der Waals surface area contributed by atoms with E-state index in [9.17, 15) is 18.4 Å². The Balaban J connectivity index is 2.09. The molecule has 1 aromatic rings. The predicted molar refractivity (Wildman–Crippen MR) is 62.5 cm³/mol. The Bertz CT molecular complexity index is 512. The van der Waals surface area contributed by atoms with Crippen LogP contribution < -0.4 is 0 Å². The third-order valence-corrected chi connectivity index (χ3v) is 3.23. The summed E-state index contributed by atoms with van der Waals surface area (Å²) >= 11 is 0. The van der Waals surface area contributed by atoms with Gasteiger partial charge in [0, 0.05) is 24.4 Å². The second kappa shape index (κ2) is 4.95. The third kappa shape index (κ3) is 2.72. The maximum absolute atomic E-state index is 13.5. The maximum Gasteiger partial charge on any atom is 0.323 e. The van der Waals surface area contributed by atoms with Gasteiger partial charge in [-0.3, -0.25) is 9.59 Å². The minimum Gasteiger partial charge on any atom is -0.480 e. The first-order valence-corrected chi connectivity index (χ1v) is 5.82. The van der Waals surface area contributed by atoms with Gasteiger partial charge in [-0.05, 0) is 18.6 Å². The number of hydrogen-bond acceptors (Lipinski definition) is 2. The summed E-state index contributed by atoms with van der Waals surface area (Å²) in [7, 11) is 1.36. The van der Waals surface area contributed by atoms with Gasteiger partial charge >= 0.3 is 5.97 Å². The molecule has 1 aliphatic rings. The van der Waals surface area contributed by atoms with Gasteiger partial charge in [-0.2, -0.15) is 0 Å². The Morgan fingerprint density at radius 2 is 1.95 bits per heavy atom. The van der Waals surface area contributed by atoms with Gasteiger partial charge in [0.15, 0.2) is 0 Å². The van der Waals surface area contributed by atoms with Crippen molar-refractivity contribution in [3.63, 3.8) is 0 Å². The standard InChI is InChI=1S/C13H13F2NO3/c1-16(6-11(17)18)13(19)8-5-7(8)12-9(14)3-2-4-10(12)15/h2-4,7-8H,5-6H2,1H3,(H,17,18)/t7-,8-/m0/s1. The number of aliphatic carboxylic acids is 1. The van der Waals surface area contributed by atoms with Crippen LogP contribution in [0.4, 0.5) is 8.78 Å². The van der Waals surface area contributed by atoms with E-state index in [1.165, 1.54) is 13.1 Å². The first kappa shape index (κ1) is 13.5. The Hall–Kier alpha value is -1.98. The molecule has 2 rings (SSSR count). The van der Waals surface area contributed by atoms with Crippen molar-refractivity contribution in [3.05, 3.63) is 35.4 Å². The van der Waals surface area contributed by atoms with Gasteiger partial charge in [-0.25, -0.2) is 8.78 Å². The molecule has 0 aromatic heterocycles. The fraction of sp³-hybridized carbons (Fsp3) is 0.385. The highest BCUT2D eigenvalue weighted by molar-refractivity contribution is 5.85. The van der Waals surface area contributed by atoms with Gasteiger partial charge in [-0.15, -0.1) is 0 Å². The summed E-state index contributed by atoms with van der Waals surface area (Å²) in [5.74, 6) is -3.87. The first-order chi connectivity index (χ1) is 8.91. The third-order valence-electron chi connectivity index (χ3n) is 3.23. The first-order valence-electron chi connectivity index (χ1n) is 5.82. The summed E-state index contributed by atoms with van der Waals surface area (Å²) in [5.41, 5.74) is -0.0791. The summed E-state index contributed by atoms with van der Waals surface area (Å²) < 4.78 is 27.1. The molecule has 1 amide bonds. The number of carboxylic acid groups (broad SMARTS) is 1. The summed E-state index contributed by atoms with van der Waals surface area (Å²) in [5, 5.41) is 8.59. The van der Waals surface area contributed by atoms with Crippen molar-refractivity contribution in [2.45, 2.75) is 12.3 Å². The molecule has 2 atom stereocenters. The van der Waals surface area contributed by atoms with Crippen LogP contribution in [0, 0.1) is 17.6 Å². The van der Waals surface area contributed by atoms with E-state index in [-0.39, 0.29) is 5.56 Å². The summed E-state index contributed by atoms with van der Waals surface area (Å²) in [6.07, 6.45) is 0.348. The number of amides is 1. The second-order valence-electron chi connectivity index (χ2n) is 4.67. The van der Waals surface area contributed by atoms with Gasteiger partial charge in [0.05, 0.1) is 0 Å². The zero-order valence-electron chi connectivity index (χ0n) is 10.3. The zero-order chi connectivity index (χ0) is 14.2. The van der Waals surface area contributed by atoms with E-state index in [1.807, 2.05) is 0 Å². The monoisotopic (exact) mass is 269 g/mol. The number of carbonyl (C=O) groups excluding carboxylic acids is 1. The van der Waals surface area contributed by atoms with Crippen molar-refractivity contribution < 1.29 is 23.5 Å². The van der Waals surface area contributed by atoms with Crippen molar-refractivity contribution in [2.75, 3.05) is 13.6 Å². The van der Waals surface area contributed by atoms with Crippen LogP contribution in [-0.4, -0.2) is 35.5 Å². The molecule has 102 valence electrons. The van der Waals surface area contributed by atoms with E-state index in [1.54, 1.807) is 0 Å². The number of halogens is 2. The average Bonchev–Trinajstić information content (AvgIpc) is 3.07. The molecule has 1 aliphatic carbocycles. The van der Waals surface area contributed by atoms with Crippen LogP contribution in [0.5, 0.6) is 0 Å². The molecule has 1 saturated carbocycles. The SMILES string of the molecule is CN(CC(=O)O)C(=O)[C@H]1C[C@@H]1c1c(F)cccc1F. The fourth-order valence-corrected chi connectivity index (χ4v) is 2.22. The lowest BCUT2D eigenvalue weighted by Gasteiger charge is -2.14. The molecule has 0 unspecified atom stereocenters. The van der Waals surface area contributed by atoms with E-state index in [0.29, 0.717) is 6.42 Å². The smallest absolute Gasteiger partial charge is 0.323 e. The Morgan fingerprint density at radius 1 is 1.37 bits per heavy atom. The molecule has 0 heterocycles. The molecule has 1 aromatic carbocycles. The van der Waals surface area contributed by atoms with Crippen LogP contribution >= 0.6 is 0 Å². The number of nitrogens with zero attached hydrogens (tertiary/aromatic N) is 1. The molecular formula is C13H13F2NO3. The predicted octanol–water partition coefficient (Wildman–Crippen LogP) is 1.61. The number of benzene rings is 1. The van der Waals surface area contributed by atoms with E-state index >= 15 is 0 Å². The summed E-state index contributed by atoms with van der Waals surface area (Å²) in [4.78, 5) is 23.4. The van der Waals surface area contributed by atoms with E-state index < -0.39 is 41.9 Å². The van der Waals surface area contributed by atoms with Crippen LogP contribution in [0.3, 0.4) is 0 Å². The minimum atomic E-state index is -1.12. The van der Waals surface area contributed by atoms with Crippen molar-refractivity contribution >= 4 is 11.9 Å². The summed E-state index contributed by atoms with van der Waals surface area (Å²) in [6.45, 7) is -0.415. The van der Waals surface area contributed by atoms with Crippen LogP contribution in [0.2, 0.25) is 0 Å². The molecule has 0 aliphatic heterocycles. The average molecular weight is 269 g/mol. The van der Waals surface area contributed by atoms with Crippen molar-refractivity contribution in [1.82, 2.24) is 4.90 Å². The van der Waals surface area contributed by atoms with Crippen molar-refractivity contribution in [3.8, 4) is 0 Å². The van der Waals surface area contributed by atoms with Crippen LogP contribution in [0.25, 0.3) is 0 Å². The van der Waals surface area contributed by atoms with Gasteiger partial charge in [0.25, 0.3) is 0 Å². The second-order valence-corrected chi connectivity index (χ2v) is 4.67. The number of carbonyl (C=O) groups is 2. The van der Waals surface area contributed by atoms with Gasteiger partial charge in [-0.1, -0.05) is 6.07 Å². The molecule has 0 saturated heterocycles. The number of likely N-dealkylation sites (N-methyl/N-ethyl adjacent to an activating group) is 1. The Kier molecular flexibility index (Phi) is 3.50. The van der Waals surface area contributed by atoms with Gasteiger partial charge < -0.3 is 10.0 Å². The van der Waals surface area contributed by atoms with E-state index in [2.05, 4.69) is 0 Å². The number of carboxylic acids is 1. The largest absolute Gasteiger partial charge is 0.480 e. The topological polar surface area (TPSA) is 57.6 Å². The minimum absolute atomic E-state index is 0.0791. The van der Waals surface area contributed by atoms with Crippen LogP contribution in [0.15, 0.2) is 18.2 Å². The highest BCUT2D eigenvalue weighted by Gasteiger charge is 2.47. The van der Waals surface area contributed by atoms with Crippen molar-refractivity contribution in [1.29, 1.82) is 0 Å². The highest BCUT2D eigenvalue weighted by Crippen LogP contribution is 2.49. The van der Waals surface area contributed by atoms with Crippen LogP contribution in [0.1, 0.15) is 17.9 Å². The molecule has 19 heavy (non-hydrogen) atoms. The fourth-order valence-electron chi connectivity index (χ4n) is 2.22. The highest BCUT2D eigenvalue weighted by atomic mass is 19.1. The van der Waals surface area contributed by atoms with E-state index in [0.717, 1.165) is 17.0 Å². The quantitative estimate of drug-likeness (QED) is 0.903. The lowest BCUT2D eigenvalue weighted by molar-refractivity contribution is -0.144. The molecule has 0 bridgehead atoms. The molecule has 0 spiro atoms. The Morgan fingerprint density at radius 3 is 2.47 bits per heavy atom. The van der Waals surface area contributed by atoms with Crippen molar-refractivity contribution in [2.24, 2.45) is 5.92 Å². The normalized spacial score (nSPS) is 21.0.